The zero-order valence-corrected chi connectivity index (χ0v) is 14.7. The minimum atomic E-state index is -0.276. The molecule has 5 nitrogen and oxygen atoms in total. The van der Waals surface area contributed by atoms with Crippen molar-refractivity contribution in [3.8, 4) is 11.4 Å². The van der Waals surface area contributed by atoms with E-state index >= 15 is 0 Å². The molecule has 2 aromatic carbocycles. The Morgan fingerprint density at radius 1 is 1.12 bits per heavy atom. The van der Waals surface area contributed by atoms with Crippen molar-refractivity contribution < 1.29 is 14.6 Å². The minimum Gasteiger partial charge on any atom is -0.412 e. The number of halogens is 3. The number of anilines is 1. The molecular formula is C17H16Cl2FN3O2. The van der Waals surface area contributed by atoms with Crippen molar-refractivity contribution in [1.82, 2.24) is 9.97 Å². The molecule has 3 N–H and O–H groups in total. The highest BCUT2D eigenvalue weighted by Crippen LogP contribution is 2.32. The van der Waals surface area contributed by atoms with E-state index in [1.807, 2.05) is 4.90 Å². The number of morpholine rings is 1. The monoisotopic (exact) mass is 383 g/mol. The normalized spacial score (nSPS) is 14.6. The molecule has 0 saturated carbocycles. The van der Waals surface area contributed by atoms with Gasteiger partial charge in [0.25, 0.3) is 0 Å². The number of nitrogens with one attached hydrogen (secondary N) is 1. The summed E-state index contributed by atoms with van der Waals surface area (Å²) in [6, 6.07) is 8.43. The molecule has 0 spiro atoms. The predicted molar refractivity (Wildman–Crippen MR) is 98.2 cm³/mol. The molecule has 132 valence electrons. The summed E-state index contributed by atoms with van der Waals surface area (Å²) in [7, 11) is 0. The number of rotatable bonds is 2. The Balaban J connectivity index is 0.00000182. The second-order valence-electron chi connectivity index (χ2n) is 5.63. The van der Waals surface area contributed by atoms with Crippen LogP contribution in [0.1, 0.15) is 0 Å². The molecule has 1 fully saturated rings. The lowest BCUT2D eigenvalue weighted by atomic mass is 10.2. The molecule has 0 amide bonds. The van der Waals surface area contributed by atoms with Gasteiger partial charge >= 0.3 is 0 Å². The highest BCUT2D eigenvalue weighted by Gasteiger charge is 2.18. The van der Waals surface area contributed by atoms with Crippen molar-refractivity contribution in [3.63, 3.8) is 0 Å². The van der Waals surface area contributed by atoms with Gasteiger partial charge in [0.05, 0.1) is 35.0 Å². The van der Waals surface area contributed by atoms with Gasteiger partial charge in [-0.1, -0.05) is 23.2 Å². The first-order chi connectivity index (χ1) is 11.6. The molecule has 1 aromatic heterocycles. The van der Waals surface area contributed by atoms with E-state index in [-0.39, 0.29) is 11.3 Å². The van der Waals surface area contributed by atoms with Gasteiger partial charge in [-0.3, -0.25) is 0 Å². The lowest BCUT2D eigenvalue weighted by Gasteiger charge is -2.29. The fourth-order valence-corrected chi connectivity index (χ4v) is 3.37. The fraction of sp³-hybridized carbons (Fsp3) is 0.235. The summed E-state index contributed by atoms with van der Waals surface area (Å²) >= 11 is 12.2. The Labute approximate surface area is 153 Å². The van der Waals surface area contributed by atoms with Gasteiger partial charge in [0.15, 0.2) is 0 Å². The Morgan fingerprint density at radius 3 is 2.60 bits per heavy atom. The molecule has 25 heavy (non-hydrogen) atoms. The average molecular weight is 384 g/mol. The Bertz CT molecular complexity index is 910. The lowest BCUT2D eigenvalue weighted by Crippen LogP contribution is -2.36. The van der Waals surface area contributed by atoms with Crippen molar-refractivity contribution in [2.45, 2.75) is 0 Å². The first-order valence-corrected chi connectivity index (χ1v) is 8.35. The number of hydrogen-bond acceptors (Lipinski definition) is 3. The van der Waals surface area contributed by atoms with Gasteiger partial charge in [-0.2, -0.15) is 0 Å². The quantitative estimate of drug-likeness (QED) is 0.733. The molecule has 0 atom stereocenters. The molecule has 1 aliphatic heterocycles. The van der Waals surface area contributed by atoms with Crippen molar-refractivity contribution in [2.24, 2.45) is 0 Å². The van der Waals surface area contributed by atoms with Crippen LogP contribution in [0.3, 0.4) is 0 Å². The second kappa shape index (κ2) is 7.17. The number of hydrogen-bond donors (Lipinski definition) is 1. The Kier molecular flexibility index (Phi) is 5.15. The molecule has 0 aliphatic carbocycles. The van der Waals surface area contributed by atoms with Crippen LogP contribution in [0.25, 0.3) is 22.4 Å². The van der Waals surface area contributed by atoms with Crippen LogP contribution in [0.2, 0.25) is 10.0 Å². The molecule has 8 heteroatoms. The van der Waals surface area contributed by atoms with Crippen LogP contribution >= 0.6 is 23.2 Å². The molecular weight excluding hydrogens is 368 g/mol. The fourth-order valence-electron chi connectivity index (χ4n) is 2.88. The lowest BCUT2D eigenvalue weighted by molar-refractivity contribution is 0.122. The van der Waals surface area contributed by atoms with E-state index in [0.717, 1.165) is 5.56 Å². The van der Waals surface area contributed by atoms with Gasteiger partial charge in [-0.05, 0) is 24.3 Å². The van der Waals surface area contributed by atoms with E-state index in [4.69, 9.17) is 27.9 Å². The van der Waals surface area contributed by atoms with Gasteiger partial charge in [-0.15, -0.1) is 0 Å². The zero-order valence-electron chi connectivity index (χ0n) is 13.2. The highest BCUT2D eigenvalue weighted by molar-refractivity contribution is 6.36. The average Bonchev–Trinajstić information content (AvgIpc) is 2.97. The number of aromatic amines is 1. The smallest absolute Gasteiger partial charge is 0.148 e. The largest absolute Gasteiger partial charge is 0.412 e. The van der Waals surface area contributed by atoms with Crippen LogP contribution in [-0.2, 0) is 4.74 Å². The van der Waals surface area contributed by atoms with Gasteiger partial charge < -0.3 is 20.1 Å². The van der Waals surface area contributed by atoms with E-state index < -0.39 is 0 Å². The van der Waals surface area contributed by atoms with Crippen molar-refractivity contribution in [3.05, 3.63) is 46.2 Å². The van der Waals surface area contributed by atoms with E-state index in [2.05, 4.69) is 9.97 Å². The van der Waals surface area contributed by atoms with Crippen molar-refractivity contribution >= 4 is 39.9 Å². The van der Waals surface area contributed by atoms with Crippen LogP contribution in [-0.4, -0.2) is 41.7 Å². The molecule has 4 rings (SSSR count). The van der Waals surface area contributed by atoms with Crippen LogP contribution in [0.15, 0.2) is 30.3 Å². The predicted octanol–water partition coefficient (Wildman–Crippen LogP) is 3.69. The van der Waals surface area contributed by atoms with Crippen LogP contribution in [0.4, 0.5) is 10.1 Å². The summed E-state index contributed by atoms with van der Waals surface area (Å²) in [5, 5.41) is 1.05. The molecule has 2 heterocycles. The molecule has 1 saturated heterocycles. The summed E-state index contributed by atoms with van der Waals surface area (Å²) in [5.74, 6) is 0.312. The number of H-pyrrole nitrogens is 1. The van der Waals surface area contributed by atoms with Crippen LogP contribution in [0, 0.1) is 5.82 Å². The third-order valence-electron chi connectivity index (χ3n) is 4.09. The first-order valence-electron chi connectivity index (χ1n) is 7.59. The molecule has 0 unspecified atom stereocenters. The van der Waals surface area contributed by atoms with Gasteiger partial charge in [0.2, 0.25) is 0 Å². The molecule has 3 aromatic rings. The SMILES string of the molecule is Fc1cc2[nH]c(-c3ccc(Cl)cc3Cl)nc2cc1N1CCOCC1.O. The maximum atomic E-state index is 14.5. The summed E-state index contributed by atoms with van der Waals surface area (Å²) in [6.45, 7) is 2.54. The summed E-state index contributed by atoms with van der Waals surface area (Å²) in [6.07, 6.45) is 0. The first kappa shape index (κ1) is 17.9. The number of fused-ring (bicyclic) bond motifs is 1. The number of ether oxygens (including phenoxy) is 1. The summed E-state index contributed by atoms with van der Waals surface area (Å²) in [5.41, 5.74) is 2.60. The number of nitrogens with zero attached hydrogens (tertiary/aromatic N) is 2. The second-order valence-corrected chi connectivity index (χ2v) is 6.47. The zero-order chi connectivity index (χ0) is 16.7. The maximum Gasteiger partial charge on any atom is 0.148 e. The minimum absolute atomic E-state index is 0. The summed E-state index contributed by atoms with van der Waals surface area (Å²) < 4.78 is 19.8. The third kappa shape index (κ3) is 3.43. The van der Waals surface area contributed by atoms with Gasteiger partial charge in [0, 0.05) is 29.7 Å². The molecule has 0 radical (unpaired) electrons. The molecule has 0 bridgehead atoms. The van der Waals surface area contributed by atoms with Crippen molar-refractivity contribution in [1.29, 1.82) is 0 Å². The number of aromatic nitrogens is 2. The van der Waals surface area contributed by atoms with Gasteiger partial charge in [-0.25, -0.2) is 9.37 Å². The third-order valence-corrected chi connectivity index (χ3v) is 4.64. The Morgan fingerprint density at radius 2 is 1.88 bits per heavy atom. The van der Waals surface area contributed by atoms with E-state index in [0.29, 0.717) is 58.9 Å². The number of benzene rings is 2. The summed E-state index contributed by atoms with van der Waals surface area (Å²) in [4.78, 5) is 9.66. The maximum absolute atomic E-state index is 14.5. The standard InChI is InChI=1S/C17H14Cl2FN3O.H2O/c18-10-1-2-11(12(19)7-10)17-21-14-8-13(20)16(9-15(14)22-17)23-3-5-24-6-4-23;/h1-2,7-9H,3-6H2,(H,21,22);1H2. The van der Waals surface area contributed by atoms with E-state index in [1.165, 1.54) is 6.07 Å². The molecule has 1 aliphatic rings. The Hall–Kier alpha value is -1.86. The van der Waals surface area contributed by atoms with Crippen LogP contribution in [0.5, 0.6) is 0 Å². The van der Waals surface area contributed by atoms with E-state index in [9.17, 15) is 4.39 Å². The topological polar surface area (TPSA) is 72.7 Å². The van der Waals surface area contributed by atoms with E-state index in [1.54, 1.807) is 24.3 Å². The highest BCUT2D eigenvalue weighted by atomic mass is 35.5. The van der Waals surface area contributed by atoms with Gasteiger partial charge in [0.1, 0.15) is 11.6 Å². The number of imidazole rings is 1. The van der Waals surface area contributed by atoms with Crippen molar-refractivity contribution in [2.75, 3.05) is 31.2 Å². The van der Waals surface area contributed by atoms with Crippen LogP contribution < -0.4 is 4.90 Å².